The summed E-state index contributed by atoms with van der Waals surface area (Å²) in [5, 5.41) is 2.64. The fourth-order valence-electron chi connectivity index (χ4n) is 1.45. The molecule has 3 aliphatic rings. The Morgan fingerprint density at radius 2 is 1.00 bits per heavy atom. The van der Waals surface area contributed by atoms with Gasteiger partial charge in [0.15, 0.2) is 0 Å². The van der Waals surface area contributed by atoms with Crippen molar-refractivity contribution in [2.75, 3.05) is 34.5 Å². The van der Waals surface area contributed by atoms with Crippen LogP contribution in [0.25, 0.3) is 0 Å². The van der Waals surface area contributed by atoms with E-state index in [1.54, 1.807) is 0 Å². The Balaban J connectivity index is 1.57. The summed E-state index contributed by atoms with van der Waals surface area (Å²) in [6.45, 7) is 0. The summed E-state index contributed by atoms with van der Waals surface area (Å²) >= 11 is 19.0. The first-order chi connectivity index (χ1) is 8.23. The maximum atomic E-state index is 6.10. The molecule has 17 heavy (non-hydrogen) atoms. The summed E-state index contributed by atoms with van der Waals surface area (Å²) in [4.78, 5) is 0. The van der Waals surface area contributed by atoms with Crippen molar-refractivity contribution in [2.45, 2.75) is 15.7 Å². The van der Waals surface area contributed by atoms with Gasteiger partial charge in [0.1, 0.15) is 3.64 Å². The Bertz CT molecular complexity index is 263. The van der Waals surface area contributed by atoms with E-state index in [0.29, 0.717) is 0 Å². The van der Waals surface area contributed by atoms with Crippen molar-refractivity contribution in [1.29, 1.82) is 0 Å². The summed E-state index contributed by atoms with van der Waals surface area (Å²) in [6, 6.07) is 0. The molecule has 0 spiro atoms. The normalized spacial score (nSPS) is 27.3. The first kappa shape index (κ1) is 14.7. The molecule has 0 N–H and O–H groups in total. The zero-order valence-electron chi connectivity index (χ0n) is 9.28. The maximum Gasteiger partial charge on any atom is 0.110 e. The van der Waals surface area contributed by atoms with Crippen LogP contribution in [0.5, 0.6) is 0 Å². The third kappa shape index (κ3) is 4.12. The Hall–Kier alpha value is 2.75. The van der Waals surface area contributed by atoms with Crippen LogP contribution in [-0.2, 0) is 11.8 Å². The van der Waals surface area contributed by atoms with E-state index in [1.807, 2.05) is 0 Å². The lowest BCUT2D eigenvalue weighted by atomic mass is 10.5. The molecule has 3 fully saturated rings. The van der Waals surface area contributed by atoms with Crippen molar-refractivity contribution < 1.29 is 0 Å². The van der Waals surface area contributed by atoms with Gasteiger partial charge in [-0.2, -0.15) is 35.3 Å². The first-order valence-electron chi connectivity index (χ1n) is 5.62. The highest BCUT2D eigenvalue weighted by Crippen LogP contribution is 2.82. The fraction of sp³-hybridized carbons (Fsp3) is 1.00. The Kier molecular flexibility index (Phi) is 5.76. The monoisotopic (exact) mass is 378 g/mol. The molecule has 0 nitrogen and oxygen atoms in total. The molecule has 0 amide bonds. The summed E-state index contributed by atoms with van der Waals surface area (Å²) in [7, 11) is 0. The number of hydrogen-bond acceptors (Lipinski definition) is 7. The van der Waals surface area contributed by atoms with Crippen molar-refractivity contribution in [3.05, 3.63) is 0 Å². The van der Waals surface area contributed by atoms with Crippen molar-refractivity contribution in [1.82, 2.24) is 0 Å². The van der Waals surface area contributed by atoms with Gasteiger partial charge >= 0.3 is 0 Å². The lowest BCUT2D eigenvalue weighted by molar-refractivity contribution is 1.09. The highest BCUT2D eigenvalue weighted by atomic mass is 33.5. The second kappa shape index (κ2) is 6.67. The van der Waals surface area contributed by atoms with Crippen molar-refractivity contribution in [2.24, 2.45) is 0 Å². The number of rotatable bonds is 6. The van der Waals surface area contributed by atoms with E-state index in [9.17, 15) is 0 Å². The standard InChI is InChI=1S/C9H15PS7/c11-10(15-7-1-12-2-7,16-8-3-13-4-8)17-9-5-14-6-9/h7-9H,1-6H2. The SMILES string of the molecule is S=P(SC1CSC1)(SC1CSC1)SC1CSC1. The molecule has 0 unspecified atom stereocenters. The molecule has 3 heterocycles. The Morgan fingerprint density at radius 3 is 1.18 bits per heavy atom. The molecule has 0 atom stereocenters. The zero-order chi connectivity index (χ0) is 11.7. The van der Waals surface area contributed by atoms with Crippen molar-refractivity contribution >= 4 is 84.9 Å². The van der Waals surface area contributed by atoms with Gasteiger partial charge in [0.25, 0.3) is 0 Å². The minimum atomic E-state index is -1.24. The molecule has 0 aromatic carbocycles. The average molecular weight is 379 g/mol. The van der Waals surface area contributed by atoms with Gasteiger partial charge in [-0.25, -0.2) is 0 Å². The smallest absolute Gasteiger partial charge is 0.110 e. The molecule has 98 valence electrons. The van der Waals surface area contributed by atoms with Crippen LogP contribution in [0.4, 0.5) is 0 Å². The minimum absolute atomic E-state index is 0.881. The quantitative estimate of drug-likeness (QED) is 0.603. The van der Waals surface area contributed by atoms with Crippen LogP contribution in [0, 0.1) is 0 Å². The molecule has 0 aliphatic carbocycles. The predicted molar refractivity (Wildman–Crippen MR) is 100 cm³/mol. The highest BCUT2D eigenvalue weighted by Gasteiger charge is 2.36. The van der Waals surface area contributed by atoms with Gasteiger partial charge in [-0.1, -0.05) is 46.0 Å². The molecular formula is C9H15PS7. The van der Waals surface area contributed by atoms with Gasteiger partial charge < -0.3 is 0 Å². The van der Waals surface area contributed by atoms with Gasteiger partial charge in [-0.15, -0.1) is 0 Å². The van der Waals surface area contributed by atoms with Crippen LogP contribution in [-0.4, -0.2) is 50.3 Å². The van der Waals surface area contributed by atoms with Crippen LogP contribution in [0.2, 0.25) is 0 Å². The third-order valence-corrected chi connectivity index (χ3v) is 22.4. The fourth-order valence-corrected chi connectivity index (χ4v) is 25.4. The van der Waals surface area contributed by atoms with Crippen molar-refractivity contribution in [3.8, 4) is 0 Å². The molecule has 0 aromatic rings. The summed E-state index contributed by atoms with van der Waals surface area (Å²) in [6.07, 6.45) is 0. The van der Waals surface area contributed by atoms with Crippen LogP contribution in [0.3, 0.4) is 0 Å². The minimum Gasteiger partial charge on any atom is -0.160 e. The molecule has 0 radical (unpaired) electrons. The molecule has 3 rings (SSSR count). The molecule has 8 heteroatoms. The van der Waals surface area contributed by atoms with Gasteiger partial charge in [-0.3, -0.25) is 0 Å². The second-order valence-electron chi connectivity index (χ2n) is 4.24. The first-order valence-corrected chi connectivity index (χ1v) is 16.3. The Labute approximate surface area is 134 Å². The van der Waals surface area contributed by atoms with Crippen LogP contribution in [0.15, 0.2) is 0 Å². The van der Waals surface area contributed by atoms with E-state index in [1.165, 1.54) is 34.5 Å². The lowest BCUT2D eigenvalue weighted by Crippen LogP contribution is -2.24. The molecule has 3 saturated heterocycles. The molecule has 3 aliphatic heterocycles. The van der Waals surface area contributed by atoms with Crippen LogP contribution in [0.1, 0.15) is 0 Å². The van der Waals surface area contributed by atoms with Gasteiger partial charge in [-0.05, 0) is 0 Å². The van der Waals surface area contributed by atoms with E-state index in [-0.39, 0.29) is 0 Å². The molecule has 0 aromatic heterocycles. The second-order valence-corrected chi connectivity index (χ2v) is 23.6. The van der Waals surface area contributed by atoms with E-state index in [2.05, 4.69) is 69.4 Å². The average Bonchev–Trinajstić information content (AvgIpc) is 2.13. The van der Waals surface area contributed by atoms with Gasteiger partial charge in [0.05, 0.1) is 0 Å². The molecule has 0 saturated carbocycles. The van der Waals surface area contributed by atoms with E-state index in [0.717, 1.165) is 15.7 Å². The predicted octanol–water partition coefficient (Wildman–Crippen LogP) is 4.76. The number of hydrogen-bond donors (Lipinski definition) is 0. The largest absolute Gasteiger partial charge is 0.160 e. The third-order valence-electron chi connectivity index (χ3n) is 2.66. The lowest BCUT2D eigenvalue weighted by Gasteiger charge is -2.37. The van der Waals surface area contributed by atoms with Gasteiger partial charge in [0.2, 0.25) is 0 Å². The highest BCUT2D eigenvalue weighted by molar-refractivity contribution is 9.23. The summed E-state index contributed by atoms with van der Waals surface area (Å²) in [5.41, 5.74) is 0. The Morgan fingerprint density at radius 1 is 0.706 bits per heavy atom. The number of thioether (sulfide) groups is 3. The maximum absolute atomic E-state index is 6.10. The zero-order valence-corrected chi connectivity index (χ0v) is 15.9. The summed E-state index contributed by atoms with van der Waals surface area (Å²) in [5.74, 6) is 8.10. The topological polar surface area (TPSA) is 0 Å². The van der Waals surface area contributed by atoms with E-state index < -0.39 is 3.64 Å². The molecular weight excluding hydrogens is 364 g/mol. The molecule has 0 bridgehead atoms. The van der Waals surface area contributed by atoms with Gasteiger partial charge in [0, 0.05) is 50.3 Å². The van der Waals surface area contributed by atoms with Crippen LogP contribution >= 0.6 is 73.1 Å². The summed E-state index contributed by atoms with van der Waals surface area (Å²) < 4.78 is -1.24. The van der Waals surface area contributed by atoms with Crippen LogP contribution < -0.4 is 0 Å². The van der Waals surface area contributed by atoms with E-state index >= 15 is 0 Å². The van der Waals surface area contributed by atoms with E-state index in [4.69, 9.17) is 11.8 Å². The van der Waals surface area contributed by atoms with Crippen molar-refractivity contribution in [3.63, 3.8) is 0 Å².